The van der Waals surface area contributed by atoms with Crippen molar-refractivity contribution in [2.75, 3.05) is 51.4 Å². The summed E-state index contributed by atoms with van der Waals surface area (Å²) in [7, 11) is 6.69. The summed E-state index contributed by atoms with van der Waals surface area (Å²) in [5, 5.41) is 2.26. The maximum atomic E-state index is 4.14. The van der Waals surface area contributed by atoms with Gasteiger partial charge in [-0.3, -0.25) is 19.7 Å². The summed E-state index contributed by atoms with van der Waals surface area (Å²) in [6.07, 6.45) is 53.6. The smallest absolute Gasteiger partial charge is 0.173 e. The second-order valence-electron chi connectivity index (χ2n) is 17.5. The van der Waals surface area contributed by atoms with E-state index in [9.17, 15) is 0 Å². The van der Waals surface area contributed by atoms with Crippen LogP contribution < -0.4 is 9.13 Å². The molecule has 3 aliphatic heterocycles. The molecule has 0 N–H and O–H groups in total. The summed E-state index contributed by atoms with van der Waals surface area (Å²) in [6.45, 7) is 5.91. The molecule has 0 saturated carbocycles. The van der Waals surface area contributed by atoms with Crippen LogP contribution in [0.5, 0.6) is 0 Å². The number of hydrogen-bond acceptors (Lipinski definition) is 4. The Labute approximate surface area is 395 Å². The molecule has 6 rings (SSSR count). The summed E-state index contributed by atoms with van der Waals surface area (Å²) >= 11 is 6.85. The van der Waals surface area contributed by atoms with Crippen LogP contribution in [-0.2, 0) is 13.1 Å². The minimum absolute atomic E-state index is 0.610. The highest BCUT2D eigenvalue weighted by Crippen LogP contribution is 2.31. The van der Waals surface area contributed by atoms with E-state index in [1.807, 2.05) is 18.5 Å². The molecule has 6 heterocycles. The number of nitrogens with zero attached hydrogens (tertiary/aromatic N) is 6. The Kier molecular flexibility index (Phi) is 27.5. The van der Waals surface area contributed by atoms with Crippen LogP contribution in [0.25, 0.3) is 0 Å². The van der Waals surface area contributed by atoms with Crippen molar-refractivity contribution in [2.45, 2.75) is 147 Å². The zero-order chi connectivity index (χ0) is 43.9. The number of unbranched alkanes of at least 4 members (excludes halogenated alkanes) is 8. The first kappa shape index (κ1) is 51.9. The van der Waals surface area contributed by atoms with Crippen molar-refractivity contribution in [3.8, 4) is 0 Å². The van der Waals surface area contributed by atoms with Gasteiger partial charge in [-0.2, -0.15) is 0 Å². The molecule has 0 bridgehead atoms. The van der Waals surface area contributed by atoms with E-state index in [-0.39, 0.29) is 0 Å². The highest BCUT2D eigenvalue weighted by molar-refractivity contribution is 9.09. The van der Waals surface area contributed by atoms with Crippen molar-refractivity contribution in [1.82, 2.24) is 19.7 Å². The molecule has 3 aliphatic rings. The predicted octanol–water partition coefficient (Wildman–Crippen LogP) is 13.0. The largest absolute Gasteiger partial charge is 0.299 e. The number of hydrogen-bond donors (Lipinski definition) is 0. The third kappa shape index (κ3) is 20.8. The summed E-state index contributed by atoms with van der Waals surface area (Å²) in [5.74, 6) is 0. The molecule has 0 aromatic carbocycles. The second-order valence-corrected chi connectivity index (χ2v) is 19.1. The van der Waals surface area contributed by atoms with E-state index in [0.29, 0.717) is 18.1 Å². The molecule has 340 valence electrons. The van der Waals surface area contributed by atoms with Crippen LogP contribution in [0.1, 0.15) is 150 Å². The minimum Gasteiger partial charge on any atom is -0.299 e. The van der Waals surface area contributed by atoms with E-state index in [1.54, 1.807) is 0 Å². The molecule has 3 aromatic rings. The van der Waals surface area contributed by atoms with Crippen LogP contribution in [0.2, 0.25) is 0 Å². The molecule has 0 amide bonds. The fourth-order valence-corrected chi connectivity index (χ4v) is 9.64. The lowest BCUT2D eigenvalue weighted by Gasteiger charge is -2.18. The average Bonchev–Trinajstić information content (AvgIpc) is 4.06. The number of aryl methyl sites for hydroxylation is 2. The van der Waals surface area contributed by atoms with Crippen LogP contribution >= 0.6 is 31.9 Å². The minimum atomic E-state index is 0.610. The molecule has 3 saturated heterocycles. The van der Waals surface area contributed by atoms with Crippen molar-refractivity contribution in [2.24, 2.45) is 0 Å². The molecule has 3 unspecified atom stereocenters. The van der Waals surface area contributed by atoms with Gasteiger partial charge < -0.3 is 0 Å². The van der Waals surface area contributed by atoms with Crippen molar-refractivity contribution in [3.63, 3.8) is 0 Å². The van der Waals surface area contributed by atoms with Crippen LogP contribution in [0, 0.1) is 0 Å². The molecule has 8 heteroatoms. The third-order valence-electron chi connectivity index (χ3n) is 12.5. The standard InChI is InChI=1S/C32H48N4.C12H20Br2.C10H14N2/c1-33-21-15-19-31(33)29-17-13-25-35(27-29)23-11-9-7-5-3-4-6-8-10-12-24-36-26-14-18-30(28-36)32-20-16-22-34(32)2;13-11-9-7-5-3-1-2-4-6-8-10-12-14;1-12-7-3-5-10(12)9-4-2-6-11-8-9/h3-6,13-14,17-18,25-28,31-32H,7-12,15-16,19-24H2,1-2H3;1-4H,5-12H2;2,4,6,8,10H,3,5,7H2,1H3/q+2;;/b5-3-,6-4-;3-1-,4-2-;. The van der Waals surface area contributed by atoms with Gasteiger partial charge in [0.1, 0.15) is 13.1 Å². The first-order valence-electron chi connectivity index (χ1n) is 24.2. The summed E-state index contributed by atoms with van der Waals surface area (Å²) in [6, 6.07) is 15.0. The second kappa shape index (κ2) is 32.8. The van der Waals surface area contributed by atoms with Gasteiger partial charge in [-0.15, -0.1) is 0 Å². The maximum Gasteiger partial charge on any atom is 0.173 e. The maximum absolute atomic E-state index is 4.14. The highest BCUT2D eigenvalue weighted by Gasteiger charge is 2.25. The Morgan fingerprint density at radius 2 is 0.919 bits per heavy atom. The van der Waals surface area contributed by atoms with Gasteiger partial charge in [-0.25, -0.2) is 9.13 Å². The Bertz CT molecular complexity index is 1610. The normalized spacial score (nSPS) is 19.9. The monoisotopic (exact) mass is 972 g/mol. The molecule has 0 radical (unpaired) electrons. The van der Waals surface area contributed by atoms with E-state index < -0.39 is 0 Å². The lowest BCUT2D eigenvalue weighted by Crippen LogP contribution is -2.34. The van der Waals surface area contributed by atoms with Crippen LogP contribution in [0.4, 0.5) is 0 Å². The van der Waals surface area contributed by atoms with E-state index in [0.717, 1.165) is 23.7 Å². The molecule has 3 atom stereocenters. The number of alkyl halides is 2. The number of halogens is 2. The number of likely N-dealkylation sites (tertiary alicyclic amines) is 3. The zero-order valence-electron chi connectivity index (χ0n) is 38.9. The van der Waals surface area contributed by atoms with Gasteiger partial charge in [-0.05, 0) is 167 Å². The van der Waals surface area contributed by atoms with Crippen molar-refractivity contribution < 1.29 is 9.13 Å². The highest BCUT2D eigenvalue weighted by atomic mass is 79.9. The van der Waals surface area contributed by atoms with Gasteiger partial charge in [0.05, 0.1) is 0 Å². The van der Waals surface area contributed by atoms with Crippen molar-refractivity contribution >= 4 is 31.9 Å². The summed E-state index contributed by atoms with van der Waals surface area (Å²) in [4.78, 5) is 11.5. The van der Waals surface area contributed by atoms with Crippen LogP contribution in [-0.4, -0.2) is 71.1 Å². The SMILES string of the molecule is BrCCCC/C=C\C=C/CCCCBr.CN1CCCC1c1ccc[n+](CCCC/C=C\C=C/CCCC[n+]2cccc(C3CCCN3C)c2)c1.CN1CCCC1c1cccnc1. The third-order valence-corrected chi connectivity index (χ3v) is 13.6. The number of pyridine rings is 3. The number of aromatic nitrogens is 3. The molecule has 0 aliphatic carbocycles. The van der Waals surface area contributed by atoms with E-state index >= 15 is 0 Å². The van der Waals surface area contributed by atoms with Crippen molar-refractivity contribution in [1.29, 1.82) is 0 Å². The molecular formula is C54H82Br2N6+2. The number of rotatable bonds is 23. The van der Waals surface area contributed by atoms with Gasteiger partial charge in [0.15, 0.2) is 24.8 Å². The van der Waals surface area contributed by atoms with Gasteiger partial charge in [0.25, 0.3) is 0 Å². The Balaban J connectivity index is 0.000000264. The van der Waals surface area contributed by atoms with E-state index in [1.165, 1.54) is 152 Å². The van der Waals surface area contributed by atoms with E-state index in [2.05, 4.69) is 186 Å². The molecule has 6 nitrogen and oxygen atoms in total. The van der Waals surface area contributed by atoms with Crippen LogP contribution in [0.15, 0.2) is 122 Å². The first-order valence-corrected chi connectivity index (χ1v) is 26.5. The molecule has 62 heavy (non-hydrogen) atoms. The fraction of sp³-hybridized carbons (Fsp3) is 0.574. The predicted molar refractivity (Wildman–Crippen MR) is 271 cm³/mol. The lowest BCUT2D eigenvalue weighted by molar-refractivity contribution is -0.698. The summed E-state index contributed by atoms with van der Waals surface area (Å²) < 4.78 is 4.76. The molecular weight excluding hydrogens is 892 g/mol. The Morgan fingerprint density at radius 3 is 1.27 bits per heavy atom. The topological polar surface area (TPSA) is 30.4 Å². The number of allylic oxidation sites excluding steroid dienone is 8. The Hall–Kier alpha value is -2.75. The lowest BCUT2D eigenvalue weighted by atomic mass is 10.1. The average molecular weight is 975 g/mol. The van der Waals surface area contributed by atoms with Gasteiger partial charge in [-0.1, -0.05) is 86.5 Å². The fourth-order valence-electron chi connectivity index (χ4n) is 8.85. The molecule has 0 spiro atoms. The van der Waals surface area contributed by atoms with Gasteiger partial charge in [0, 0.05) is 77.3 Å². The van der Waals surface area contributed by atoms with Crippen molar-refractivity contribution in [3.05, 3.63) is 139 Å². The Morgan fingerprint density at radius 1 is 0.532 bits per heavy atom. The van der Waals surface area contributed by atoms with E-state index in [4.69, 9.17) is 0 Å². The summed E-state index contributed by atoms with van der Waals surface area (Å²) in [5.41, 5.74) is 4.32. The first-order chi connectivity index (χ1) is 30.5. The quantitative estimate of drug-likeness (QED) is 0.0410. The zero-order valence-corrected chi connectivity index (χ0v) is 42.1. The molecule has 3 fully saturated rings. The van der Waals surface area contributed by atoms with Gasteiger partial charge in [0.2, 0.25) is 0 Å². The van der Waals surface area contributed by atoms with Crippen LogP contribution in [0.3, 0.4) is 0 Å². The van der Waals surface area contributed by atoms with Gasteiger partial charge >= 0.3 is 0 Å². The molecule has 3 aromatic heterocycles.